The molecule has 0 radical (unpaired) electrons. The molecule has 1 fully saturated rings. The van der Waals surface area contributed by atoms with E-state index in [0.717, 1.165) is 44.1 Å². The number of nitriles is 1. The number of pyridine rings is 1. The predicted octanol–water partition coefficient (Wildman–Crippen LogP) is 7.71. The van der Waals surface area contributed by atoms with E-state index in [1.54, 1.807) is 11.9 Å². The molecule has 0 amide bonds. The lowest BCUT2D eigenvalue weighted by atomic mass is 10.00. The smallest absolute Gasteiger partial charge is 0.310 e. The average molecular weight is 553 g/mol. The van der Waals surface area contributed by atoms with E-state index in [-0.39, 0.29) is 5.92 Å². The zero-order chi connectivity index (χ0) is 27.5. The maximum atomic E-state index is 11.3. The second-order valence-corrected chi connectivity index (χ2v) is 11.0. The first-order valence-corrected chi connectivity index (χ1v) is 14.5. The molecule has 39 heavy (non-hydrogen) atoms. The number of aliphatic carboxylic acids is 1. The minimum absolute atomic E-state index is 0.367. The van der Waals surface area contributed by atoms with E-state index in [2.05, 4.69) is 53.4 Å². The Morgan fingerprint density at radius 1 is 1.05 bits per heavy atom. The number of nitrogens with zero attached hydrogens (tertiary/aromatic N) is 4. The van der Waals surface area contributed by atoms with Gasteiger partial charge in [0.25, 0.3) is 0 Å². The molecule has 1 aliphatic rings. The lowest BCUT2D eigenvalue weighted by Crippen LogP contribution is -2.50. The van der Waals surface area contributed by atoms with Gasteiger partial charge in [0.2, 0.25) is 0 Å². The monoisotopic (exact) mass is 552 g/mol. The molecule has 6 nitrogen and oxygen atoms in total. The summed E-state index contributed by atoms with van der Waals surface area (Å²) in [6.07, 6.45) is 0. The van der Waals surface area contributed by atoms with Crippen LogP contribution in [0.15, 0.2) is 83.1 Å². The number of hydrogen-bond donors (Lipinski definition) is 1. The van der Waals surface area contributed by atoms with Crippen molar-refractivity contribution in [2.75, 3.05) is 18.0 Å². The van der Waals surface area contributed by atoms with Gasteiger partial charge in [0.05, 0.1) is 22.8 Å². The highest BCUT2D eigenvalue weighted by Crippen LogP contribution is 2.46. The van der Waals surface area contributed by atoms with Gasteiger partial charge >= 0.3 is 5.97 Å². The number of para-hydroxylation sites is 1. The maximum absolute atomic E-state index is 11.3. The van der Waals surface area contributed by atoms with Crippen LogP contribution in [0.25, 0.3) is 33.4 Å². The lowest BCUT2D eigenvalue weighted by molar-refractivity contribution is -0.142. The number of rotatable bonds is 6. The van der Waals surface area contributed by atoms with Gasteiger partial charge in [-0.15, -0.1) is 11.3 Å². The Morgan fingerprint density at radius 2 is 1.79 bits per heavy atom. The van der Waals surface area contributed by atoms with Crippen LogP contribution in [0.1, 0.15) is 24.3 Å². The van der Waals surface area contributed by atoms with Crippen LogP contribution < -0.4 is 4.90 Å². The molecule has 1 aliphatic heterocycles. The number of carboxylic acids is 1. The summed E-state index contributed by atoms with van der Waals surface area (Å²) in [4.78, 5) is 20.1. The number of anilines is 1. The Balaban J connectivity index is 0.00000151. The Labute approximate surface area is 236 Å². The van der Waals surface area contributed by atoms with Crippen LogP contribution in [0.5, 0.6) is 0 Å². The first kappa shape index (κ1) is 26.5. The van der Waals surface area contributed by atoms with E-state index in [9.17, 15) is 15.2 Å². The van der Waals surface area contributed by atoms with E-state index < -0.39 is 5.97 Å². The normalized spacial score (nSPS) is 12.9. The molecule has 5 aromatic rings. The van der Waals surface area contributed by atoms with Crippen LogP contribution in [-0.4, -0.2) is 33.1 Å². The molecule has 3 aromatic heterocycles. The molecule has 1 saturated heterocycles. The first-order valence-electron chi connectivity index (χ1n) is 12.8. The molecular formula is C31H28N4O2S2. The molecule has 0 unspecified atom stereocenters. The van der Waals surface area contributed by atoms with Crippen molar-refractivity contribution >= 4 is 46.0 Å². The van der Waals surface area contributed by atoms with E-state index >= 15 is 0 Å². The van der Waals surface area contributed by atoms with E-state index in [0.29, 0.717) is 18.0 Å². The average Bonchev–Trinajstić information content (AvgIpc) is 3.52. The van der Waals surface area contributed by atoms with Crippen LogP contribution in [0.4, 0.5) is 5.82 Å². The molecule has 1 N–H and O–H groups in total. The van der Waals surface area contributed by atoms with Crippen LogP contribution in [0, 0.1) is 24.2 Å². The van der Waals surface area contributed by atoms with E-state index in [1.165, 1.54) is 16.9 Å². The van der Waals surface area contributed by atoms with E-state index in [1.807, 2.05) is 60.5 Å². The summed E-state index contributed by atoms with van der Waals surface area (Å²) in [5.74, 6) is -0.386. The molecule has 8 heteroatoms. The summed E-state index contributed by atoms with van der Waals surface area (Å²) >= 11 is 3.06. The Kier molecular flexibility index (Phi) is 7.73. The van der Waals surface area contributed by atoms with Gasteiger partial charge in [0.1, 0.15) is 16.8 Å². The van der Waals surface area contributed by atoms with Crippen LogP contribution in [0.2, 0.25) is 0 Å². The van der Waals surface area contributed by atoms with Crippen molar-refractivity contribution in [2.24, 2.45) is 5.92 Å². The zero-order valence-corrected chi connectivity index (χ0v) is 23.6. The summed E-state index contributed by atoms with van der Waals surface area (Å²) < 4.78 is 2.20. The quantitative estimate of drug-likeness (QED) is 0.232. The van der Waals surface area contributed by atoms with Crippen LogP contribution in [0.3, 0.4) is 0 Å². The maximum Gasteiger partial charge on any atom is 0.310 e. The van der Waals surface area contributed by atoms with Gasteiger partial charge in [-0.05, 0) is 60.6 Å². The predicted molar refractivity (Wildman–Crippen MR) is 160 cm³/mol. The second kappa shape index (κ2) is 11.4. The van der Waals surface area contributed by atoms with Gasteiger partial charge < -0.3 is 10.0 Å². The third kappa shape index (κ3) is 5.03. The Hall–Kier alpha value is -4.06. The first-order chi connectivity index (χ1) is 19.0. The van der Waals surface area contributed by atoms with Gasteiger partial charge in [-0.3, -0.25) is 8.77 Å². The number of benzene rings is 2. The van der Waals surface area contributed by atoms with Gasteiger partial charge in [-0.25, -0.2) is 4.98 Å². The van der Waals surface area contributed by atoms with Crippen molar-refractivity contribution in [3.8, 4) is 28.6 Å². The molecule has 6 rings (SSSR count). The van der Waals surface area contributed by atoms with Crippen molar-refractivity contribution in [3.05, 3.63) is 88.6 Å². The third-order valence-corrected chi connectivity index (χ3v) is 8.48. The minimum atomic E-state index is -0.772. The highest BCUT2D eigenvalue weighted by molar-refractivity contribution is 7.98. The number of aryl methyl sites for hydroxylation is 1. The number of carboxylic acid groups (broad SMARTS) is 1. The SMILES string of the molecule is CC.Cc1ccc(Sn2c(-c3cccc(N4CC(C(=O)O)C4)n3)c(-c3ccsc3C#N)c3ccccc32)cc1. The Morgan fingerprint density at radius 3 is 2.51 bits per heavy atom. The fourth-order valence-corrected chi connectivity index (χ4v) is 6.35. The van der Waals surface area contributed by atoms with Crippen molar-refractivity contribution in [1.82, 2.24) is 8.96 Å². The summed E-state index contributed by atoms with van der Waals surface area (Å²) in [7, 11) is 0. The minimum Gasteiger partial charge on any atom is -0.481 e. The summed E-state index contributed by atoms with van der Waals surface area (Å²) in [6.45, 7) is 6.97. The van der Waals surface area contributed by atoms with Crippen molar-refractivity contribution in [1.29, 1.82) is 5.26 Å². The van der Waals surface area contributed by atoms with Crippen molar-refractivity contribution in [2.45, 2.75) is 25.7 Å². The topological polar surface area (TPSA) is 82.2 Å². The number of hydrogen-bond acceptors (Lipinski definition) is 6. The standard InChI is InChI=1S/C29H22N4O2S2.C2H6/c1-18-9-11-20(12-10-18)37-33-24-7-3-2-5-21(24)27(22-13-14-36-25(22)15-30)28(33)23-6-4-8-26(31-23)32-16-19(17-32)29(34)35;1-2/h2-14,19H,16-17H2,1H3,(H,34,35);1-2H3. The van der Waals surface area contributed by atoms with Gasteiger partial charge in [0.15, 0.2) is 0 Å². The summed E-state index contributed by atoms with van der Waals surface area (Å²) in [6, 6.07) is 26.9. The highest BCUT2D eigenvalue weighted by Gasteiger charge is 2.33. The molecule has 0 saturated carbocycles. The zero-order valence-electron chi connectivity index (χ0n) is 22.0. The molecular weight excluding hydrogens is 525 g/mol. The molecule has 0 aliphatic carbocycles. The number of fused-ring (bicyclic) bond motifs is 1. The summed E-state index contributed by atoms with van der Waals surface area (Å²) in [5, 5.41) is 22.2. The van der Waals surface area contributed by atoms with Crippen LogP contribution in [-0.2, 0) is 4.79 Å². The van der Waals surface area contributed by atoms with Gasteiger partial charge in [-0.2, -0.15) is 5.26 Å². The summed E-state index contributed by atoms with van der Waals surface area (Å²) in [5.41, 5.74) is 5.79. The highest BCUT2D eigenvalue weighted by atomic mass is 32.2. The van der Waals surface area contributed by atoms with Gasteiger partial charge in [-0.1, -0.05) is 55.8 Å². The fourth-order valence-electron chi connectivity index (χ4n) is 4.66. The number of thiophene rings is 1. The molecule has 0 bridgehead atoms. The third-order valence-electron chi connectivity index (χ3n) is 6.62. The Bertz CT molecular complexity index is 1680. The lowest BCUT2D eigenvalue weighted by Gasteiger charge is -2.37. The molecule has 196 valence electrons. The number of carbonyl (C=O) groups is 1. The van der Waals surface area contributed by atoms with Gasteiger partial charge in [0, 0.05) is 34.5 Å². The van der Waals surface area contributed by atoms with Crippen molar-refractivity contribution < 1.29 is 9.90 Å². The second-order valence-electron chi connectivity index (χ2n) is 9.04. The molecule has 2 aromatic carbocycles. The van der Waals surface area contributed by atoms with Crippen molar-refractivity contribution in [3.63, 3.8) is 0 Å². The largest absolute Gasteiger partial charge is 0.481 e. The fraction of sp³-hybridized carbons (Fsp3) is 0.194. The molecule has 0 atom stereocenters. The van der Waals surface area contributed by atoms with E-state index in [4.69, 9.17) is 4.98 Å². The molecule has 0 spiro atoms. The van der Waals surface area contributed by atoms with Crippen LogP contribution >= 0.6 is 23.3 Å². The molecule has 4 heterocycles. The number of aromatic nitrogens is 2.